The maximum atomic E-state index is 13.2. The average molecular weight is 385 g/mol. The number of amides is 1. The van der Waals surface area contributed by atoms with Gasteiger partial charge >= 0.3 is 0 Å². The minimum absolute atomic E-state index is 0.0161. The number of carbonyl (C=O) groups excluding carboxylic acids is 1. The van der Waals surface area contributed by atoms with E-state index in [0.717, 1.165) is 24.2 Å². The third kappa shape index (κ3) is 5.81. The number of nitrogens with one attached hydrogen (secondary N) is 1. The van der Waals surface area contributed by atoms with Gasteiger partial charge in [-0.2, -0.15) is 0 Å². The lowest BCUT2D eigenvalue weighted by atomic mass is 9.98. The normalized spacial score (nSPS) is 18.0. The molecular formula is C23H36N4O. The molecule has 0 aromatic carbocycles. The van der Waals surface area contributed by atoms with Gasteiger partial charge in [-0.1, -0.05) is 63.9 Å². The number of hydrogen-bond donors (Lipinski definition) is 1. The standard InChI is InChI=1S/C23H36N4O/c1-26(2)18-20-22(25-21-16-12-13-17-27(20)21)23(28)24-19-14-10-8-6-4-3-5-7-9-11-15-19/h12-13,16-17,19H,3-11,14-15,18H2,1-2H3,(H,24,28). The summed E-state index contributed by atoms with van der Waals surface area (Å²) in [6, 6.07) is 6.19. The van der Waals surface area contributed by atoms with Crippen molar-refractivity contribution < 1.29 is 4.79 Å². The molecule has 1 saturated carbocycles. The molecule has 1 aliphatic rings. The summed E-state index contributed by atoms with van der Waals surface area (Å²) < 4.78 is 2.04. The molecule has 28 heavy (non-hydrogen) atoms. The van der Waals surface area contributed by atoms with Crippen LogP contribution in [0, 0.1) is 0 Å². The Labute approximate surface area is 169 Å². The number of nitrogens with zero attached hydrogens (tertiary/aromatic N) is 3. The zero-order valence-corrected chi connectivity index (χ0v) is 17.6. The fraction of sp³-hybridized carbons (Fsp3) is 0.652. The van der Waals surface area contributed by atoms with Crippen LogP contribution in [0.2, 0.25) is 0 Å². The number of hydrogen-bond acceptors (Lipinski definition) is 3. The van der Waals surface area contributed by atoms with E-state index in [9.17, 15) is 4.79 Å². The Morgan fingerprint density at radius 2 is 1.64 bits per heavy atom. The van der Waals surface area contributed by atoms with Gasteiger partial charge < -0.3 is 14.6 Å². The fourth-order valence-corrected chi connectivity index (χ4v) is 4.24. The highest BCUT2D eigenvalue weighted by Gasteiger charge is 2.21. The molecule has 0 aliphatic heterocycles. The van der Waals surface area contributed by atoms with Crippen LogP contribution in [0.5, 0.6) is 0 Å². The van der Waals surface area contributed by atoms with Crippen molar-refractivity contribution in [2.75, 3.05) is 14.1 Å². The predicted octanol–water partition coefficient (Wildman–Crippen LogP) is 4.80. The number of aromatic nitrogens is 2. The van der Waals surface area contributed by atoms with Crippen LogP contribution in [0.15, 0.2) is 24.4 Å². The fourth-order valence-electron chi connectivity index (χ4n) is 4.24. The van der Waals surface area contributed by atoms with Crippen molar-refractivity contribution in [2.45, 2.75) is 83.2 Å². The minimum atomic E-state index is -0.0161. The molecule has 1 fully saturated rings. The molecule has 2 aromatic rings. The lowest BCUT2D eigenvalue weighted by Gasteiger charge is -2.20. The molecule has 2 heterocycles. The van der Waals surface area contributed by atoms with E-state index >= 15 is 0 Å². The quantitative estimate of drug-likeness (QED) is 0.824. The molecular weight excluding hydrogens is 348 g/mol. The molecule has 0 radical (unpaired) electrons. The van der Waals surface area contributed by atoms with Crippen LogP contribution in [0.1, 0.15) is 86.8 Å². The summed E-state index contributed by atoms with van der Waals surface area (Å²) >= 11 is 0. The number of carbonyl (C=O) groups is 1. The number of imidazole rings is 1. The first-order chi connectivity index (χ1) is 13.6. The Kier molecular flexibility index (Phi) is 7.90. The predicted molar refractivity (Wildman–Crippen MR) is 115 cm³/mol. The monoisotopic (exact) mass is 384 g/mol. The van der Waals surface area contributed by atoms with Gasteiger partial charge in [0.25, 0.3) is 5.91 Å². The zero-order valence-electron chi connectivity index (χ0n) is 17.6. The second kappa shape index (κ2) is 10.6. The van der Waals surface area contributed by atoms with Crippen molar-refractivity contribution in [3.63, 3.8) is 0 Å². The first-order valence-corrected chi connectivity index (χ1v) is 11.1. The molecule has 5 heteroatoms. The molecule has 0 bridgehead atoms. The number of pyridine rings is 1. The van der Waals surface area contributed by atoms with Crippen LogP contribution in [0.3, 0.4) is 0 Å². The van der Waals surface area contributed by atoms with E-state index in [4.69, 9.17) is 0 Å². The SMILES string of the molecule is CN(C)Cc1c(C(=O)NC2CCCCCCCCCCC2)nc2ccccn12. The molecule has 5 nitrogen and oxygen atoms in total. The second-order valence-electron chi connectivity index (χ2n) is 8.50. The molecule has 154 valence electrons. The molecule has 0 spiro atoms. The summed E-state index contributed by atoms with van der Waals surface area (Å²) in [6.45, 7) is 0.693. The van der Waals surface area contributed by atoms with E-state index in [1.54, 1.807) is 0 Å². The van der Waals surface area contributed by atoms with Crippen LogP contribution in [0.25, 0.3) is 5.65 Å². The van der Waals surface area contributed by atoms with E-state index in [-0.39, 0.29) is 11.9 Å². The van der Waals surface area contributed by atoms with Crippen LogP contribution in [-0.4, -0.2) is 40.3 Å². The number of fused-ring (bicyclic) bond motifs is 1. The zero-order chi connectivity index (χ0) is 19.8. The van der Waals surface area contributed by atoms with Gasteiger partial charge in [0.15, 0.2) is 5.69 Å². The maximum absolute atomic E-state index is 13.2. The highest BCUT2D eigenvalue weighted by molar-refractivity contribution is 5.94. The van der Waals surface area contributed by atoms with Gasteiger partial charge in [0.2, 0.25) is 0 Å². The van der Waals surface area contributed by atoms with E-state index in [1.807, 2.05) is 42.9 Å². The van der Waals surface area contributed by atoms with E-state index in [1.165, 1.54) is 57.8 Å². The topological polar surface area (TPSA) is 49.6 Å². The van der Waals surface area contributed by atoms with Crippen molar-refractivity contribution in [1.29, 1.82) is 0 Å². The van der Waals surface area contributed by atoms with Gasteiger partial charge in [0.05, 0.1) is 5.69 Å². The summed E-state index contributed by atoms with van der Waals surface area (Å²) in [4.78, 5) is 19.9. The van der Waals surface area contributed by atoms with E-state index in [0.29, 0.717) is 12.2 Å². The molecule has 0 unspecified atom stereocenters. The Bertz CT molecular complexity index is 740. The van der Waals surface area contributed by atoms with Gasteiger partial charge in [-0.05, 0) is 39.1 Å². The average Bonchev–Trinajstić information content (AvgIpc) is 3.02. The van der Waals surface area contributed by atoms with Crippen LogP contribution < -0.4 is 5.32 Å². The summed E-state index contributed by atoms with van der Waals surface area (Å²) in [5, 5.41) is 3.33. The second-order valence-corrected chi connectivity index (χ2v) is 8.50. The van der Waals surface area contributed by atoms with E-state index < -0.39 is 0 Å². The third-order valence-electron chi connectivity index (χ3n) is 5.75. The van der Waals surface area contributed by atoms with E-state index in [2.05, 4.69) is 15.2 Å². The first kappa shape index (κ1) is 20.8. The van der Waals surface area contributed by atoms with Gasteiger partial charge in [-0.25, -0.2) is 4.98 Å². The van der Waals surface area contributed by atoms with Crippen molar-refractivity contribution in [2.24, 2.45) is 0 Å². The van der Waals surface area contributed by atoms with Crippen LogP contribution >= 0.6 is 0 Å². The minimum Gasteiger partial charge on any atom is -0.348 e. The van der Waals surface area contributed by atoms with Crippen molar-refractivity contribution >= 4 is 11.6 Å². The number of rotatable bonds is 4. The summed E-state index contributed by atoms with van der Waals surface area (Å²) in [6.07, 6.45) is 15.9. The van der Waals surface area contributed by atoms with Crippen LogP contribution in [-0.2, 0) is 6.54 Å². The molecule has 2 aromatic heterocycles. The lowest BCUT2D eigenvalue weighted by molar-refractivity contribution is 0.0925. The van der Waals surface area contributed by atoms with Gasteiger partial charge in [0.1, 0.15) is 5.65 Å². The summed E-state index contributed by atoms with van der Waals surface area (Å²) in [7, 11) is 4.05. The Balaban J connectivity index is 1.72. The Morgan fingerprint density at radius 3 is 2.25 bits per heavy atom. The summed E-state index contributed by atoms with van der Waals surface area (Å²) in [5.74, 6) is -0.0161. The smallest absolute Gasteiger partial charge is 0.272 e. The van der Waals surface area contributed by atoms with Gasteiger partial charge in [0, 0.05) is 18.8 Å². The molecule has 0 atom stereocenters. The first-order valence-electron chi connectivity index (χ1n) is 11.1. The van der Waals surface area contributed by atoms with Crippen molar-refractivity contribution in [3.8, 4) is 0 Å². The lowest BCUT2D eigenvalue weighted by Crippen LogP contribution is -2.36. The molecule has 0 saturated heterocycles. The van der Waals surface area contributed by atoms with Crippen molar-refractivity contribution in [3.05, 3.63) is 35.8 Å². The molecule has 3 rings (SSSR count). The summed E-state index contributed by atoms with van der Waals surface area (Å²) in [5.41, 5.74) is 2.38. The maximum Gasteiger partial charge on any atom is 0.272 e. The Hall–Kier alpha value is -1.88. The van der Waals surface area contributed by atoms with Gasteiger partial charge in [-0.3, -0.25) is 4.79 Å². The molecule has 1 amide bonds. The highest BCUT2D eigenvalue weighted by Crippen LogP contribution is 2.19. The van der Waals surface area contributed by atoms with Crippen molar-refractivity contribution in [1.82, 2.24) is 19.6 Å². The highest BCUT2D eigenvalue weighted by atomic mass is 16.2. The molecule has 1 aliphatic carbocycles. The van der Waals surface area contributed by atoms with Crippen LogP contribution in [0.4, 0.5) is 0 Å². The largest absolute Gasteiger partial charge is 0.348 e. The molecule has 1 N–H and O–H groups in total. The van der Waals surface area contributed by atoms with Gasteiger partial charge in [-0.15, -0.1) is 0 Å². The third-order valence-corrected chi connectivity index (χ3v) is 5.75. The Morgan fingerprint density at radius 1 is 1.04 bits per heavy atom.